The summed E-state index contributed by atoms with van der Waals surface area (Å²) in [6.45, 7) is 9.53. The highest BCUT2D eigenvalue weighted by Crippen LogP contribution is 2.25. The van der Waals surface area contributed by atoms with E-state index in [4.69, 9.17) is 9.97 Å². The molecule has 3 heteroatoms. The van der Waals surface area contributed by atoms with Gasteiger partial charge in [-0.25, -0.2) is 9.97 Å². The molecule has 1 N–H and O–H groups in total. The number of aryl methyl sites for hydroxylation is 2. The maximum atomic E-state index is 4.79. The Hall–Kier alpha value is -1.90. The Morgan fingerprint density at radius 1 is 1.00 bits per heavy atom. The summed E-state index contributed by atoms with van der Waals surface area (Å²) < 4.78 is 0. The highest BCUT2D eigenvalue weighted by atomic mass is 15.0. The van der Waals surface area contributed by atoms with Crippen molar-refractivity contribution >= 4 is 5.82 Å². The molecular weight excluding hydrogens is 258 g/mol. The van der Waals surface area contributed by atoms with Crippen LogP contribution in [0.2, 0.25) is 0 Å². The first-order valence-corrected chi connectivity index (χ1v) is 7.90. The van der Waals surface area contributed by atoms with Crippen molar-refractivity contribution in [2.24, 2.45) is 0 Å². The van der Waals surface area contributed by atoms with E-state index in [1.165, 1.54) is 11.1 Å². The maximum absolute atomic E-state index is 4.79. The molecule has 0 saturated heterocycles. The van der Waals surface area contributed by atoms with Gasteiger partial charge in [0, 0.05) is 23.4 Å². The molecule has 3 nitrogen and oxygen atoms in total. The van der Waals surface area contributed by atoms with Crippen LogP contribution in [-0.4, -0.2) is 16.5 Å². The summed E-state index contributed by atoms with van der Waals surface area (Å²) in [4.78, 5) is 9.56. The van der Waals surface area contributed by atoms with Gasteiger partial charge in [0.1, 0.15) is 5.82 Å². The number of benzene rings is 1. The van der Waals surface area contributed by atoms with E-state index in [1.54, 1.807) is 0 Å². The molecule has 0 bridgehead atoms. The molecule has 0 aliphatic carbocycles. The minimum absolute atomic E-state index is 0.841. The number of nitrogens with one attached hydrogen (secondary N) is 1. The topological polar surface area (TPSA) is 37.8 Å². The molecule has 0 unspecified atom stereocenters. The van der Waals surface area contributed by atoms with Crippen LogP contribution < -0.4 is 5.32 Å². The summed E-state index contributed by atoms with van der Waals surface area (Å²) >= 11 is 0. The summed E-state index contributed by atoms with van der Waals surface area (Å²) in [5, 5.41) is 3.43. The first-order valence-electron chi connectivity index (χ1n) is 7.90. The summed E-state index contributed by atoms with van der Waals surface area (Å²) in [5.74, 6) is 1.82. The van der Waals surface area contributed by atoms with Gasteiger partial charge in [0.25, 0.3) is 0 Å². The Kier molecular flexibility index (Phi) is 5.32. The Bertz CT molecular complexity index is 605. The van der Waals surface area contributed by atoms with Crippen LogP contribution in [0.3, 0.4) is 0 Å². The highest BCUT2D eigenvalue weighted by molar-refractivity contribution is 5.63. The molecule has 0 fully saturated rings. The monoisotopic (exact) mass is 283 g/mol. The van der Waals surface area contributed by atoms with Crippen LogP contribution in [-0.2, 0) is 12.8 Å². The number of nitrogens with zero attached hydrogens (tertiary/aromatic N) is 2. The van der Waals surface area contributed by atoms with Crippen LogP contribution in [0.15, 0.2) is 24.3 Å². The highest BCUT2D eigenvalue weighted by Gasteiger charge is 2.12. The van der Waals surface area contributed by atoms with E-state index < -0.39 is 0 Å². The number of hydrogen-bond acceptors (Lipinski definition) is 3. The minimum atomic E-state index is 0.841. The Morgan fingerprint density at radius 3 is 2.43 bits per heavy atom. The van der Waals surface area contributed by atoms with Crippen molar-refractivity contribution < 1.29 is 0 Å². The summed E-state index contributed by atoms with van der Waals surface area (Å²) in [5.41, 5.74) is 4.74. The molecule has 0 saturated carbocycles. The predicted octanol–water partition coefficient (Wildman–Crippen LogP) is 4.40. The summed E-state index contributed by atoms with van der Waals surface area (Å²) in [6.07, 6.45) is 3.01. The van der Waals surface area contributed by atoms with E-state index in [0.29, 0.717) is 0 Å². The van der Waals surface area contributed by atoms with Gasteiger partial charge in [0.2, 0.25) is 0 Å². The van der Waals surface area contributed by atoms with Crippen molar-refractivity contribution in [3.8, 4) is 11.4 Å². The lowest BCUT2D eigenvalue weighted by molar-refractivity contribution is 0.935. The molecule has 0 atom stereocenters. The van der Waals surface area contributed by atoms with Crippen LogP contribution >= 0.6 is 0 Å². The lowest BCUT2D eigenvalue weighted by Gasteiger charge is -2.14. The van der Waals surface area contributed by atoms with Gasteiger partial charge in [0.05, 0.1) is 0 Å². The lowest BCUT2D eigenvalue weighted by Crippen LogP contribution is -2.09. The van der Waals surface area contributed by atoms with E-state index in [2.05, 4.69) is 57.3 Å². The van der Waals surface area contributed by atoms with Crippen molar-refractivity contribution in [1.29, 1.82) is 0 Å². The van der Waals surface area contributed by atoms with Crippen molar-refractivity contribution in [3.63, 3.8) is 0 Å². The predicted molar refractivity (Wildman–Crippen MR) is 89.7 cm³/mol. The van der Waals surface area contributed by atoms with Crippen molar-refractivity contribution in [3.05, 3.63) is 41.1 Å². The summed E-state index contributed by atoms with van der Waals surface area (Å²) in [7, 11) is 0. The molecule has 2 aromatic rings. The van der Waals surface area contributed by atoms with E-state index in [-0.39, 0.29) is 0 Å². The fraction of sp³-hybridized carbons (Fsp3) is 0.444. The second kappa shape index (κ2) is 7.21. The molecule has 0 radical (unpaired) electrons. The van der Waals surface area contributed by atoms with Gasteiger partial charge >= 0.3 is 0 Å². The molecule has 2 rings (SSSR count). The van der Waals surface area contributed by atoms with Gasteiger partial charge in [-0.15, -0.1) is 0 Å². The Labute approximate surface area is 127 Å². The molecule has 0 aliphatic rings. The summed E-state index contributed by atoms with van der Waals surface area (Å²) in [6, 6.07) is 8.41. The molecule has 1 aromatic heterocycles. The van der Waals surface area contributed by atoms with Gasteiger partial charge < -0.3 is 5.32 Å². The molecule has 1 heterocycles. The molecule has 21 heavy (non-hydrogen) atoms. The van der Waals surface area contributed by atoms with Gasteiger partial charge in [0.15, 0.2) is 5.82 Å². The van der Waals surface area contributed by atoms with E-state index in [1.807, 2.05) is 0 Å². The second-order valence-electron chi connectivity index (χ2n) is 5.26. The zero-order valence-corrected chi connectivity index (χ0v) is 13.5. The average Bonchev–Trinajstić information content (AvgIpc) is 2.53. The third-order valence-electron chi connectivity index (χ3n) is 3.76. The molecular formula is C18H25N3. The van der Waals surface area contributed by atoms with Crippen LogP contribution in [0.25, 0.3) is 11.4 Å². The van der Waals surface area contributed by atoms with Gasteiger partial charge in [-0.3, -0.25) is 0 Å². The number of rotatable bonds is 6. The fourth-order valence-electron chi connectivity index (χ4n) is 2.49. The number of aromatic nitrogens is 2. The minimum Gasteiger partial charge on any atom is -0.370 e. The molecule has 1 aromatic carbocycles. The normalized spacial score (nSPS) is 10.7. The van der Waals surface area contributed by atoms with Crippen LogP contribution in [0, 0.1) is 6.92 Å². The first kappa shape index (κ1) is 15.5. The lowest BCUT2D eigenvalue weighted by atomic mass is 10.0. The van der Waals surface area contributed by atoms with Crippen LogP contribution in [0.4, 0.5) is 5.82 Å². The van der Waals surface area contributed by atoms with E-state index in [0.717, 1.165) is 48.7 Å². The van der Waals surface area contributed by atoms with Crippen LogP contribution in [0.5, 0.6) is 0 Å². The standard InChI is InChI=1S/C18H25N3/c1-5-12-19-17-13(4)16(7-3)20-18(21-17)15-11-9-8-10-14(15)6-2/h8-11H,5-7,12H2,1-4H3,(H,19,20,21). The third-order valence-corrected chi connectivity index (χ3v) is 3.76. The molecule has 0 amide bonds. The molecule has 112 valence electrons. The molecule has 0 aliphatic heterocycles. The quantitative estimate of drug-likeness (QED) is 0.854. The zero-order chi connectivity index (χ0) is 15.2. The van der Waals surface area contributed by atoms with Crippen molar-refractivity contribution in [1.82, 2.24) is 9.97 Å². The zero-order valence-electron chi connectivity index (χ0n) is 13.5. The number of hydrogen-bond donors (Lipinski definition) is 1. The van der Waals surface area contributed by atoms with Crippen LogP contribution in [0.1, 0.15) is 44.0 Å². The number of anilines is 1. The fourth-order valence-corrected chi connectivity index (χ4v) is 2.49. The smallest absolute Gasteiger partial charge is 0.162 e. The van der Waals surface area contributed by atoms with Gasteiger partial charge in [-0.2, -0.15) is 0 Å². The van der Waals surface area contributed by atoms with Crippen molar-refractivity contribution in [2.75, 3.05) is 11.9 Å². The van der Waals surface area contributed by atoms with Gasteiger partial charge in [-0.05, 0) is 31.7 Å². The van der Waals surface area contributed by atoms with E-state index >= 15 is 0 Å². The maximum Gasteiger partial charge on any atom is 0.162 e. The molecule has 0 spiro atoms. The van der Waals surface area contributed by atoms with Gasteiger partial charge in [-0.1, -0.05) is 45.0 Å². The second-order valence-corrected chi connectivity index (χ2v) is 5.26. The van der Waals surface area contributed by atoms with E-state index in [9.17, 15) is 0 Å². The van der Waals surface area contributed by atoms with Crippen molar-refractivity contribution in [2.45, 2.75) is 47.0 Å². The average molecular weight is 283 g/mol. The first-order chi connectivity index (χ1) is 10.2. The Morgan fingerprint density at radius 2 is 1.76 bits per heavy atom. The SMILES string of the molecule is CCCNc1nc(-c2ccccc2CC)nc(CC)c1C. The Balaban J connectivity index is 2.53. The largest absolute Gasteiger partial charge is 0.370 e. The third kappa shape index (κ3) is 3.41.